The van der Waals surface area contributed by atoms with Crippen LogP contribution in [-0.2, 0) is 24.3 Å². The molecule has 0 saturated carbocycles. The fraction of sp³-hybridized carbons (Fsp3) is 0.316. The number of halogens is 1. The summed E-state index contributed by atoms with van der Waals surface area (Å²) in [5, 5.41) is 0.534. The molecule has 0 saturated heterocycles. The van der Waals surface area contributed by atoms with Crippen molar-refractivity contribution in [2.24, 2.45) is 0 Å². The van der Waals surface area contributed by atoms with Crippen molar-refractivity contribution in [1.82, 2.24) is 14.5 Å². The fourth-order valence-corrected chi connectivity index (χ4v) is 3.66. The number of carbonyl (C=O) groups excluding carboxylic acids is 1. The smallest absolute Gasteiger partial charge is 0.262 e. The van der Waals surface area contributed by atoms with Gasteiger partial charge in [-0.3, -0.25) is 14.2 Å². The van der Waals surface area contributed by atoms with E-state index in [1.54, 1.807) is 13.1 Å². The van der Waals surface area contributed by atoms with Gasteiger partial charge in [-0.1, -0.05) is 13.0 Å². The first-order valence-corrected chi connectivity index (χ1v) is 9.28. The maximum Gasteiger partial charge on any atom is 0.262 e. The van der Waals surface area contributed by atoms with E-state index < -0.39 is 5.82 Å². The van der Waals surface area contributed by atoms with E-state index in [2.05, 4.69) is 4.98 Å². The van der Waals surface area contributed by atoms with Gasteiger partial charge in [-0.05, 0) is 30.2 Å². The number of hydrogen-bond acceptors (Lipinski definition) is 5. The highest BCUT2D eigenvalue weighted by molar-refractivity contribution is 7.18. The average Bonchev–Trinajstić information content (AvgIpc) is 3.08. The molecule has 0 N–H and O–H groups in total. The highest BCUT2D eigenvalue weighted by Gasteiger charge is 2.15. The van der Waals surface area contributed by atoms with Crippen LogP contribution in [0.2, 0.25) is 0 Å². The van der Waals surface area contributed by atoms with Crippen molar-refractivity contribution in [3.8, 4) is 5.75 Å². The predicted octanol–water partition coefficient (Wildman–Crippen LogP) is 2.83. The van der Waals surface area contributed by atoms with Gasteiger partial charge in [0.15, 0.2) is 11.6 Å². The third kappa shape index (κ3) is 4.00. The number of nitrogens with zero attached hydrogens (tertiary/aromatic N) is 3. The molecule has 142 valence electrons. The van der Waals surface area contributed by atoms with Gasteiger partial charge in [0.2, 0.25) is 5.91 Å². The van der Waals surface area contributed by atoms with Crippen LogP contribution in [-0.4, -0.2) is 34.5 Å². The minimum Gasteiger partial charge on any atom is -0.494 e. The molecule has 0 fully saturated rings. The molecular weight excluding hydrogens is 369 g/mol. The number of carbonyl (C=O) groups is 1. The van der Waals surface area contributed by atoms with Crippen molar-refractivity contribution < 1.29 is 13.9 Å². The molecular formula is C19H20FN3O3S. The van der Waals surface area contributed by atoms with Crippen LogP contribution in [0.15, 0.2) is 35.4 Å². The zero-order valence-corrected chi connectivity index (χ0v) is 16.2. The number of aromatic nitrogens is 2. The number of aryl methyl sites for hydroxylation is 1. The number of thiophene rings is 1. The third-order valence-corrected chi connectivity index (χ3v) is 5.47. The van der Waals surface area contributed by atoms with Crippen LogP contribution in [0.25, 0.3) is 10.2 Å². The van der Waals surface area contributed by atoms with Crippen LogP contribution in [0.5, 0.6) is 5.75 Å². The lowest BCUT2D eigenvalue weighted by molar-refractivity contribution is -0.131. The number of fused-ring (bicyclic) bond motifs is 1. The lowest BCUT2D eigenvalue weighted by Gasteiger charge is -2.18. The lowest BCUT2D eigenvalue weighted by Crippen LogP contribution is -2.33. The summed E-state index contributed by atoms with van der Waals surface area (Å²) in [6.45, 7) is 2.13. The van der Waals surface area contributed by atoms with Crippen molar-refractivity contribution >= 4 is 27.5 Å². The molecule has 0 radical (unpaired) electrons. The molecule has 6 nitrogen and oxygen atoms in total. The number of amides is 1. The number of rotatable bonds is 6. The largest absolute Gasteiger partial charge is 0.494 e. The average molecular weight is 389 g/mol. The van der Waals surface area contributed by atoms with Gasteiger partial charge in [-0.25, -0.2) is 9.37 Å². The Bertz CT molecular complexity index is 1040. The lowest BCUT2D eigenvalue weighted by atomic mass is 10.2. The Labute approximate surface area is 159 Å². The van der Waals surface area contributed by atoms with Crippen LogP contribution < -0.4 is 10.3 Å². The van der Waals surface area contributed by atoms with Gasteiger partial charge in [0, 0.05) is 18.5 Å². The fourth-order valence-electron chi connectivity index (χ4n) is 2.73. The Kier molecular flexibility index (Phi) is 5.55. The van der Waals surface area contributed by atoms with E-state index in [1.807, 2.05) is 13.0 Å². The minimum absolute atomic E-state index is 0.117. The Morgan fingerprint density at radius 3 is 2.81 bits per heavy atom. The molecule has 0 aliphatic heterocycles. The molecule has 3 rings (SSSR count). The first kappa shape index (κ1) is 19.0. The van der Waals surface area contributed by atoms with E-state index in [0.717, 1.165) is 11.3 Å². The molecule has 0 atom stereocenters. The summed E-state index contributed by atoms with van der Waals surface area (Å²) in [4.78, 5) is 32.6. The number of benzene rings is 1. The molecule has 2 aromatic heterocycles. The molecule has 27 heavy (non-hydrogen) atoms. The van der Waals surface area contributed by atoms with Crippen LogP contribution in [0.3, 0.4) is 0 Å². The molecule has 3 aromatic rings. The first-order valence-electron chi connectivity index (χ1n) is 8.47. The summed E-state index contributed by atoms with van der Waals surface area (Å²) < 4.78 is 20.0. The van der Waals surface area contributed by atoms with Gasteiger partial charge in [-0.15, -0.1) is 11.3 Å². The van der Waals surface area contributed by atoms with E-state index >= 15 is 0 Å². The van der Waals surface area contributed by atoms with Gasteiger partial charge >= 0.3 is 0 Å². The minimum atomic E-state index is -0.481. The Morgan fingerprint density at radius 1 is 1.37 bits per heavy atom. The van der Waals surface area contributed by atoms with Crippen LogP contribution >= 0.6 is 11.3 Å². The first-order chi connectivity index (χ1) is 12.9. The van der Waals surface area contributed by atoms with E-state index in [-0.39, 0.29) is 30.3 Å². The van der Waals surface area contributed by atoms with Gasteiger partial charge in [0.05, 0.1) is 18.8 Å². The second kappa shape index (κ2) is 7.87. The summed E-state index contributed by atoms with van der Waals surface area (Å²) in [7, 11) is 3.01. The maximum atomic E-state index is 13.8. The van der Waals surface area contributed by atoms with Gasteiger partial charge in [-0.2, -0.15) is 0 Å². The number of hydrogen-bond donors (Lipinski definition) is 0. The van der Waals surface area contributed by atoms with Gasteiger partial charge < -0.3 is 9.64 Å². The van der Waals surface area contributed by atoms with Crippen molar-refractivity contribution in [2.45, 2.75) is 26.4 Å². The van der Waals surface area contributed by atoms with Crippen molar-refractivity contribution in [3.05, 3.63) is 57.2 Å². The zero-order chi connectivity index (χ0) is 19.6. The SMILES string of the molecule is CCc1cc2c(=O)n(CC(=O)N(C)Cc3ccc(OC)c(F)c3)cnc2s1. The molecule has 1 amide bonds. The molecule has 0 spiro atoms. The van der Waals surface area contributed by atoms with Crippen LogP contribution in [0.4, 0.5) is 4.39 Å². The van der Waals surface area contributed by atoms with Gasteiger partial charge in [0.1, 0.15) is 11.4 Å². The third-order valence-electron chi connectivity index (χ3n) is 4.28. The standard InChI is InChI=1S/C19H20FN3O3S/c1-4-13-8-14-18(27-13)21-11-23(19(14)25)10-17(24)22(2)9-12-5-6-16(26-3)15(20)7-12/h5-8,11H,4,9-10H2,1-3H3. The second-order valence-electron chi connectivity index (χ2n) is 6.18. The Balaban J connectivity index is 1.74. The second-order valence-corrected chi connectivity index (χ2v) is 7.30. The van der Waals surface area contributed by atoms with E-state index in [1.165, 1.54) is 46.4 Å². The normalized spacial score (nSPS) is 11.0. The molecule has 0 aliphatic rings. The zero-order valence-electron chi connectivity index (χ0n) is 15.4. The van der Waals surface area contributed by atoms with Crippen LogP contribution in [0, 0.1) is 5.82 Å². The van der Waals surface area contributed by atoms with Crippen LogP contribution in [0.1, 0.15) is 17.4 Å². The number of likely N-dealkylation sites (N-methyl/N-ethyl adjacent to an activating group) is 1. The summed E-state index contributed by atoms with van der Waals surface area (Å²) in [5.74, 6) is -0.591. The predicted molar refractivity (Wildman–Crippen MR) is 103 cm³/mol. The number of methoxy groups -OCH3 is 1. The van der Waals surface area contributed by atoms with E-state index in [4.69, 9.17) is 4.74 Å². The molecule has 0 unspecified atom stereocenters. The van der Waals surface area contributed by atoms with E-state index in [0.29, 0.717) is 15.8 Å². The molecule has 0 aliphatic carbocycles. The monoisotopic (exact) mass is 389 g/mol. The van der Waals surface area contributed by atoms with Crippen molar-refractivity contribution in [3.63, 3.8) is 0 Å². The summed E-state index contributed by atoms with van der Waals surface area (Å²) in [6.07, 6.45) is 2.24. The maximum absolute atomic E-state index is 13.8. The summed E-state index contributed by atoms with van der Waals surface area (Å²) in [6, 6.07) is 6.39. The highest BCUT2D eigenvalue weighted by atomic mass is 32.1. The quantitative estimate of drug-likeness (QED) is 0.650. The topological polar surface area (TPSA) is 64.4 Å². The molecule has 0 bridgehead atoms. The Hall–Kier alpha value is -2.74. The Morgan fingerprint density at radius 2 is 2.15 bits per heavy atom. The molecule has 1 aromatic carbocycles. The molecule has 8 heteroatoms. The van der Waals surface area contributed by atoms with Crippen molar-refractivity contribution in [1.29, 1.82) is 0 Å². The summed E-state index contributed by atoms with van der Waals surface area (Å²) >= 11 is 1.49. The van der Waals surface area contributed by atoms with Gasteiger partial charge in [0.25, 0.3) is 5.56 Å². The highest BCUT2D eigenvalue weighted by Crippen LogP contribution is 2.21. The number of ether oxygens (including phenoxy) is 1. The molecule has 2 heterocycles. The van der Waals surface area contributed by atoms with E-state index in [9.17, 15) is 14.0 Å². The van der Waals surface area contributed by atoms with Crippen molar-refractivity contribution in [2.75, 3.05) is 14.2 Å². The summed E-state index contributed by atoms with van der Waals surface area (Å²) in [5.41, 5.74) is 0.406.